The lowest BCUT2D eigenvalue weighted by Crippen LogP contribution is -2.36. The molecule has 3 rings (SSSR count). The Kier molecular flexibility index (Phi) is 2.47. The van der Waals surface area contributed by atoms with E-state index in [0.29, 0.717) is 17.3 Å². The van der Waals surface area contributed by atoms with Crippen LogP contribution >= 0.6 is 0 Å². The monoisotopic (exact) mass is 245 g/mol. The van der Waals surface area contributed by atoms with E-state index in [4.69, 9.17) is 0 Å². The van der Waals surface area contributed by atoms with Gasteiger partial charge in [0.05, 0.1) is 11.4 Å². The van der Waals surface area contributed by atoms with E-state index in [2.05, 4.69) is 16.0 Å². The van der Waals surface area contributed by atoms with E-state index in [1.165, 1.54) is 0 Å². The maximum absolute atomic E-state index is 11.9. The molecule has 1 fully saturated rings. The molecule has 3 N–H and O–H groups in total. The molecule has 2 aliphatic rings. The summed E-state index contributed by atoms with van der Waals surface area (Å²) in [6, 6.07) is 5.40. The third-order valence-corrected chi connectivity index (χ3v) is 3.22. The lowest BCUT2D eigenvalue weighted by atomic mass is 10.1. The van der Waals surface area contributed by atoms with Gasteiger partial charge < -0.3 is 16.0 Å². The van der Waals surface area contributed by atoms with Gasteiger partial charge in [-0.1, -0.05) is 0 Å². The molecule has 5 nitrogen and oxygen atoms in total. The predicted molar refractivity (Wildman–Crippen MR) is 68.6 cm³/mol. The number of amides is 2. The third kappa shape index (κ3) is 2.03. The first-order valence-electron chi connectivity index (χ1n) is 6.16. The van der Waals surface area contributed by atoms with Crippen molar-refractivity contribution in [1.29, 1.82) is 0 Å². The van der Waals surface area contributed by atoms with Crippen LogP contribution in [0, 0.1) is 0 Å². The van der Waals surface area contributed by atoms with Gasteiger partial charge in [0.2, 0.25) is 5.91 Å². The number of anilines is 2. The average molecular weight is 245 g/mol. The number of fused-ring (bicyclic) bond motifs is 1. The molecule has 1 aliphatic carbocycles. The standard InChI is InChI=1S/C13H15N3O2/c1-7-12(17)16-11-6-8(2-5-10(11)14-7)13(18)15-9-3-4-9/h2,5-7,9,14H,3-4H2,1H3,(H,15,18)(H,16,17). The van der Waals surface area contributed by atoms with E-state index in [0.717, 1.165) is 18.5 Å². The minimum Gasteiger partial charge on any atom is -0.372 e. The van der Waals surface area contributed by atoms with Crippen LogP contribution in [-0.2, 0) is 4.79 Å². The Hall–Kier alpha value is -2.04. The highest BCUT2D eigenvalue weighted by molar-refractivity contribution is 6.05. The molecular weight excluding hydrogens is 230 g/mol. The molecule has 0 aromatic heterocycles. The topological polar surface area (TPSA) is 70.2 Å². The van der Waals surface area contributed by atoms with E-state index in [9.17, 15) is 9.59 Å². The third-order valence-electron chi connectivity index (χ3n) is 3.22. The van der Waals surface area contributed by atoms with Gasteiger partial charge in [0.25, 0.3) is 5.91 Å². The summed E-state index contributed by atoms with van der Waals surface area (Å²) in [4.78, 5) is 23.4. The van der Waals surface area contributed by atoms with Crippen LogP contribution in [0.4, 0.5) is 11.4 Å². The van der Waals surface area contributed by atoms with Crippen molar-refractivity contribution in [2.24, 2.45) is 0 Å². The SMILES string of the molecule is CC1Nc2ccc(C(=O)NC3CC3)cc2NC1=O. The van der Waals surface area contributed by atoms with Crippen LogP contribution in [0.2, 0.25) is 0 Å². The van der Waals surface area contributed by atoms with Gasteiger partial charge >= 0.3 is 0 Å². The zero-order valence-electron chi connectivity index (χ0n) is 10.1. The average Bonchev–Trinajstić information content (AvgIpc) is 3.14. The Morgan fingerprint density at radius 3 is 2.83 bits per heavy atom. The predicted octanol–water partition coefficient (Wildman–Crippen LogP) is 1.33. The molecule has 18 heavy (non-hydrogen) atoms. The van der Waals surface area contributed by atoms with Gasteiger partial charge in [-0.2, -0.15) is 0 Å². The first kappa shape index (κ1) is 11.1. The summed E-state index contributed by atoms with van der Waals surface area (Å²) >= 11 is 0. The van der Waals surface area contributed by atoms with Gasteiger partial charge in [-0.3, -0.25) is 9.59 Å². The van der Waals surface area contributed by atoms with Crippen LogP contribution < -0.4 is 16.0 Å². The van der Waals surface area contributed by atoms with Crippen LogP contribution in [0.15, 0.2) is 18.2 Å². The minimum absolute atomic E-state index is 0.0758. The van der Waals surface area contributed by atoms with E-state index >= 15 is 0 Å². The Bertz CT molecular complexity index is 523. The summed E-state index contributed by atoms with van der Waals surface area (Å²) in [5.41, 5.74) is 2.10. The second-order valence-corrected chi connectivity index (χ2v) is 4.86. The van der Waals surface area contributed by atoms with Gasteiger partial charge in [0, 0.05) is 11.6 Å². The second-order valence-electron chi connectivity index (χ2n) is 4.86. The van der Waals surface area contributed by atoms with Gasteiger partial charge in [-0.15, -0.1) is 0 Å². The molecule has 1 aliphatic heterocycles. The van der Waals surface area contributed by atoms with Crippen LogP contribution in [0.5, 0.6) is 0 Å². The van der Waals surface area contributed by atoms with E-state index in [1.54, 1.807) is 19.1 Å². The highest BCUT2D eigenvalue weighted by Crippen LogP contribution is 2.28. The van der Waals surface area contributed by atoms with Crippen molar-refractivity contribution >= 4 is 23.2 Å². The zero-order valence-corrected chi connectivity index (χ0v) is 10.1. The maximum Gasteiger partial charge on any atom is 0.251 e. The fraction of sp³-hybridized carbons (Fsp3) is 0.385. The van der Waals surface area contributed by atoms with Crippen LogP contribution in [-0.4, -0.2) is 23.9 Å². The number of carbonyl (C=O) groups is 2. The number of rotatable bonds is 2. The summed E-state index contributed by atoms with van der Waals surface area (Å²) in [7, 11) is 0. The molecule has 0 bridgehead atoms. The van der Waals surface area contributed by atoms with Crippen LogP contribution in [0.1, 0.15) is 30.1 Å². The second kappa shape index (κ2) is 4.01. The Balaban J connectivity index is 1.83. The quantitative estimate of drug-likeness (QED) is 0.736. The van der Waals surface area contributed by atoms with Crippen LogP contribution in [0.25, 0.3) is 0 Å². The zero-order chi connectivity index (χ0) is 12.7. The van der Waals surface area contributed by atoms with Crippen molar-refractivity contribution in [2.75, 3.05) is 10.6 Å². The lowest BCUT2D eigenvalue weighted by molar-refractivity contribution is -0.116. The van der Waals surface area contributed by atoms with Gasteiger partial charge in [0.15, 0.2) is 0 Å². The van der Waals surface area contributed by atoms with E-state index in [1.807, 2.05) is 6.07 Å². The van der Waals surface area contributed by atoms with Crippen molar-refractivity contribution in [1.82, 2.24) is 5.32 Å². The molecule has 1 unspecified atom stereocenters. The van der Waals surface area contributed by atoms with Gasteiger partial charge in [0.1, 0.15) is 6.04 Å². The van der Waals surface area contributed by atoms with E-state index in [-0.39, 0.29) is 17.9 Å². The summed E-state index contributed by atoms with van der Waals surface area (Å²) in [6.45, 7) is 1.80. The summed E-state index contributed by atoms with van der Waals surface area (Å²) in [5, 5.41) is 8.80. The first-order valence-corrected chi connectivity index (χ1v) is 6.16. The maximum atomic E-state index is 11.9. The van der Waals surface area contributed by atoms with Crippen molar-refractivity contribution in [3.05, 3.63) is 23.8 Å². The number of benzene rings is 1. The molecule has 1 heterocycles. The molecule has 2 amide bonds. The molecule has 0 radical (unpaired) electrons. The summed E-state index contributed by atoms with van der Waals surface area (Å²) < 4.78 is 0. The Labute approximate surface area is 105 Å². The number of nitrogens with one attached hydrogen (secondary N) is 3. The molecule has 1 aromatic rings. The molecule has 0 spiro atoms. The highest BCUT2D eigenvalue weighted by atomic mass is 16.2. The van der Waals surface area contributed by atoms with Crippen molar-refractivity contribution in [3.63, 3.8) is 0 Å². The van der Waals surface area contributed by atoms with E-state index < -0.39 is 0 Å². The number of hydrogen-bond acceptors (Lipinski definition) is 3. The first-order chi connectivity index (χ1) is 8.63. The molecule has 1 atom stereocenters. The molecule has 1 saturated carbocycles. The number of hydrogen-bond donors (Lipinski definition) is 3. The largest absolute Gasteiger partial charge is 0.372 e. The molecular formula is C13H15N3O2. The highest BCUT2D eigenvalue weighted by Gasteiger charge is 2.25. The molecule has 0 saturated heterocycles. The summed E-state index contributed by atoms with van der Waals surface area (Å²) in [5.74, 6) is -0.157. The number of carbonyl (C=O) groups excluding carboxylic acids is 2. The molecule has 94 valence electrons. The fourth-order valence-corrected chi connectivity index (χ4v) is 1.95. The molecule has 1 aromatic carbocycles. The molecule has 5 heteroatoms. The summed E-state index contributed by atoms with van der Waals surface area (Å²) in [6.07, 6.45) is 2.12. The lowest BCUT2D eigenvalue weighted by Gasteiger charge is -2.24. The Morgan fingerprint density at radius 1 is 1.33 bits per heavy atom. The fourth-order valence-electron chi connectivity index (χ4n) is 1.95. The van der Waals surface area contributed by atoms with Crippen molar-refractivity contribution < 1.29 is 9.59 Å². The minimum atomic E-state index is -0.247. The van der Waals surface area contributed by atoms with Crippen LogP contribution in [0.3, 0.4) is 0 Å². The van der Waals surface area contributed by atoms with Gasteiger partial charge in [-0.25, -0.2) is 0 Å². The Morgan fingerprint density at radius 2 is 2.11 bits per heavy atom. The van der Waals surface area contributed by atoms with Gasteiger partial charge in [-0.05, 0) is 38.0 Å². The van der Waals surface area contributed by atoms with Crippen molar-refractivity contribution in [2.45, 2.75) is 31.8 Å². The van der Waals surface area contributed by atoms with Crippen molar-refractivity contribution in [3.8, 4) is 0 Å². The normalized spacial score (nSPS) is 21.6. The smallest absolute Gasteiger partial charge is 0.251 e.